The van der Waals surface area contributed by atoms with E-state index < -0.39 is 0 Å². The summed E-state index contributed by atoms with van der Waals surface area (Å²) in [7, 11) is 2.08. The molecule has 0 aliphatic carbocycles. The van der Waals surface area contributed by atoms with Crippen LogP contribution in [0.2, 0.25) is 10.0 Å². The smallest absolute Gasteiger partial charge is 0.258 e. The van der Waals surface area contributed by atoms with Crippen molar-refractivity contribution in [2.75, 3.05) is 33.2 Å². The SMILES string of the molecule is Cc1nn(Cc2c(Cl)cccc2Cl)c(C)c1/C=C/C(=O)NN1CCN(C)CC1. The van der Waals surface area contributed by atoms with E-state index in [9.17, 15) is 4.79 Å². The third kappa shape index (κ3) is 4.94. The van der Waals surface area contributed by atoms with E-state index in [1.165, 1.54) is 0 Å². The molecule has 0 saturated carbocycles. The number of piperazine rings is 1. The van der Waals surface area contributed by atoms with E-state index in [1.54, 1.807) is 6.08 Å². The fourth-order valence-corrected chi connectivity index (χ4v) is 3.73. The molecule has 1 N–H and O–H groups in total. The third-order valence-electron chi connectivity index (χ3n) is 4.98. The lowest BCUT2D eigenvalue weighted by Gasteiger charge is -2.31. The molecule has 2 aromatic rings. The summed E-state index contributed by atoms with van der Waals surface area (Å²) in [5.41, 5.74) is 6.50. The molecule has 1 amide bonds. The lowest BCUT2D eigenvalue weighted by molar-refractivity contribution is -0.121. The highest BCUT2D eigenvalue weighted by atomic mass is 35.5. The summed E-state index contributed by atoms with van der Waals surface area (Å²) in [6.07, 6.45) is 3.37. The number of benzene rings is 1. The molecule has 2 heterocycles. The number of rotatable bonds is 5. The summed E-state index contributed by atoms with van der Waals surface area (Å²) in [4.78, 5) is 14.5. The summed E-state index contributed by atoms with van der Waals surface area (Å²) in [6, 6.07) is 5.46. The Kier molecular flexibility index (Phi) is 6.78. The Balaban J connectivity index is 1.69. The molecule has 0 bridgehead atoms. The number of carbonyl (C=O) groups is 1. The van der Waals surface area contributed by atoms with Gasteiger partial charge >= 0.3 is 0 Å². The van der Waals surface area contributed by atoms with Crippen LogP contribution in [0.4, 0.5) is 0 Å². The van der Waals surface area contributed by atoms with E-state index in [1.807, 2.05) is 47.8 Å². The second kappa shape index (κ2) is 9.09. The van der Waals surface area contributed by atoms with Crippen molar-refractivity contribution in [2.24, 2.45) is 0 Å². The number of nitrogens with one attached hydrogen (secondary N) is 1. The average Bonchev–Trinajstić information content (AvgIpc) is 2.92. The molecule has 8 heteroatoms. The summed E-state index contributed by atoms with van der Waals surface area (Å²) in [6.45, 7) is 7.92. The normalized spacial score (nSPS) is 16.0. The fraction of sp³-hybridized carbons (Fsp3) is 0.400. The molecule has 150 valence electrons. The summed E-state index contributed by atoms with van der Waals surface area (Å²) >= 11 is 12.6. The lowest BCUT2D eigenvalue weighted by atomic mass is 10.1. The molecule has 1 fully saturated rings. The number of hydrogen-bond donors (Lipinski definition) is 1. The molecule has 1 aliphatic heterocycles. The number of carbonyl (C=O) groups excluding carboxylic acids is 1. The van der Waals surface area contributed by atoms with Gasteiger partial charge in [0.25, 0.3) is 5.91 Å². The van der Waals surface area contributed by atoms with Gasteiger partial charge in [-0.25, -0.2) is 5.01 Å². The highest BCUT2D eigenvalue weighted by Gasteiger charge is 2.16. The molecule has 28 heavy (non-hydrogen) atoms. The van der Waals surface area contributed by atoms with Crippen LogP contribution in [-0.4, -0.2) is 58.8 Å². The lowest BCUT2D eigenvalue weighted by Crippen LogP contribution is -2.52. The molecule has 0 atom stereocenters. The first kappa shape index (κ1) is 20.9. The van der Waals surface area contributed by atoms with Crippen molar-refractivity contribution in [1.29, 1.82) is 0 Å². The monoisotopic (exact) mass is 421 g/mol. The van der Waals surface area contributed by atoms with Crippen LogP contribution in [0.5, 0.6) is 0 Å². The zero-order chi connectivity index (χ0) is 20.3. The van der Waals surface area contributed by atoms with Crippen molar-refractivity contribution in [3.05, 3.63) is 56.8 Å². The molecular weight excluding hydrogens is 397 g/mol. The first-order valence-corrected chi connectivity index (χ1v) is 10.00. The minimum Gasteiger partial charge on any atom is -0.304 e. The average molecular weight is 422 g/mol. The molecule has 1 aliphatic rings. The van der Waals surface area contributed by atoms with Crippen LogP contribution in [-0.2, 0) is 11.3 Å². The first-order valence-electron chi connectivity index (χ1n) is 9.24. The van der Waals surface area contributed by atoms with E-state index in [2.05, 4.69) is 22.5 Å². The van der Waals surface area contributed by atoms with Crippen LogP contribution in [0, 0.1) is 13.8 Å². The van der Waals surface area contributed by atoms with Gasteiger partial charge in [-0.05, 0) is 39.1 Å². The quantitative estimate of drug-likeness (QED) is 0.753. The number of hydrogen-bond acceptors (Lipinski definition) is 4. The Bertz CT molecular complexity index is 865. The van der Waals surface area contributed by atoms with Crippen LogP contribution >= 0.6 is 23.2 Å². The first-order chi connectivity index (χ1) is 13.3. The number of hydrazine groups is 1. The van der Waals surface area contributed by atoms with Crippen molar-refractivity contribution >= 4 is 35.2 Å². The number of aromatic nitrogens is 2. The van der Waals surface area contributed by atoms with Gasteiger partial charge in [-0.3, -0.25) is 14.9 Å². The predicted octanol–water partition coefficient (Wildman–Crippen LogP) is 3.15. The van der Waals surface area contributed by atoms with Crippen LogP contribution in [0.15, 0.2) is 24.3 Å². The molecule has 0 spiro atoms. The van der Waals surface area contributed by atoms with Gasteiger partial charge in [0.05, 0.1) is 12.2 Å². The van der Waals surface area contributed by atoms with Gasteiger partial charge in [0.1, 0.15) is 0 Å². The largest absolute Gasteiger partial charge is 0.304 e. The van der Waals surface area contributed by atoms with Crippen LogP contribution in [0.3, 0.4) is 0 Å². The van der Waals surface area contributed by atoms with Crippen molar-refractivity contribution in [3.8, 4) is 0 Å². The Labute approximate surface area is 175 Å². The zero-order valence-electron chi connectivity index (χ0n) is 16.4. The standard InChI is InChI=1S/C20H25Cl2N5O/c1-14-16(7-8-20(28)24-26-11-9-25(3)10-12-26)15(2)27(23-14)13-17-18(21)5-4-6-19(17)22/h4-8H,9-13H2,1-3H3,(H,24,28)/b8-7+. The highest BCUT2D eigenvalue weighted by Crippen LogP contribution is 2.26. The van der Waals surface area contributed by atoms with Crippen LogP contribution in [0.1, 0.15) is 22.5 Å². The third-order valence-corrected chi connectivity index (χ3v) is 5.69. The van der Waals surface area contributed by atoms with E-state index >= 15 is 0 Å². The summed E-state index contributed by atoms with van der Waals surface area (Å²) in [5.74, 6) is -0.134. The molecule has 1 aromatic carbocycles. The number of amides is 1. The number of halogens is 2. The van der Waals surface area contributed by atoms with Crippen molar-refractivity contribution in [3.63, 3.8) is 0 Å². The topological polar surface area (TPSA) is 53.4 Å². The highest BCUT2D eigenvalue weighted by molar-refractivity contribution is 6.35. The number of nitrogens with zero attached hydrogens (tertiary/aromatic N) is 4. The molecule has 3 rings (SSSR count). The summed E-state index contributed by atoms with van der Waals surface area (Å²) in [5, 5.41) is 7.77. The minimum atomic E-state index is -0.134. The van der Waals surface area contributed by atoms with E-state index in [4.69, 9.17) is 23.2 Å². The molecule has 0 radical (unpaired) electrons. The van der Waals surface area contributed by atoms with Crippen molar-refractivity contribution in [1.82, 2.24) is 25.1 Å². The molecule has 1 saturated heterocycles. The summed E-state index contributed by atoms with van der Waals surface area (Å²) < 4.78 is 1.86. The number of likely N-dealkylation sites (N-methyl/N-ethyl adjacent to an activating group) is 1. The Hall–Kier alpha value is -1.86. The Morgan fingerprint density at radius 3 is 2.46 bits per heavy atom. The van der Waals surface area contributed by atoms with Gasteiger partial charge in [0.15, 0.2) is 0 Å². The maximum Gasteiger partial charge on any atom is 0.258 e. The Morgan fingerprint density at radius 1 is 1.18 bits per heavy atom. The van der Waals surface area contributed by atoms with Crippen LogP contribution in [0.25, 0.3) is 6.08 Å². The molecular formula is C20H25Cl2N5O. The van der Waals surface area contributed by atoms with Crippen molar-refractivity contribution < 1.29 is 4.79 Å². The number of aryl methyl sites for hydroxylation is 1. The maximum absolute atomic E-state index is 12.3. The Morgan fingerprint density at radius 2 is 1.82 bits per heavy atom. The predicted molar refractivity (Wildman–Crippen MR) is 114 cm³/mol. The second-order valence-electron chi connectivity index (χ2n) is 7.04. The van der Waals surface area contributed by atoms with Gasteiger partial charge in [0, 0.05) is 59.1 Å². The van der Waals surface area contributed by atoms with Gasteiger partial charge in [0.2, 0.25) is 0 Å². The van der Waals surface area contributed by atoms with E-state index in [0.29, 0.717) is 16.6 Å². The van der Waals surface area contributed by atoms with Gasteiger partial charge in [-0.2, -0.15) is 5.10 Å². The zero-order valence-corrected chi connectivity index (χ0v) is 17.9. The maximum atomic E-state index is 12.3. The van der Waals surface area contributed by atoms with E-state index in [-0.39, 0.29) is 5.91 Å². The molecule has 6 nitrogen and oxygen atoms in total. The van der Waals surface area contributed by atoms with Crippen LogP contribution < -0.4 is 5.43 Å². The molecule has 0 unspecified atom stereocenters. The van der Waals surface area contributed by atoms with E-state index in [0.717, 1.165) is 48.7 Å². The van der Waals surface area contributed by atoms with Gasteiger partial charge < -0.3 is 4.90 Å². The van der Waals surface area contributed by atoms with Crippen molar-refractivity contribution in [2.45, 2.75) is 20.4 Å². The molecule has 1 aromatic heterocycles. The van der Waals surface area contributed by atoms with Gasteiger partial charge in [-0.1, -0.05) is 29.3 Å². The minimum absolute atomic E-state index is 0.134. The van der Waals surface area contributed by atoms with Gasteiger partial charge in [-0.15, -0.1) is 0 Å². The fourth-order valence-electron chi connectivity index (χ4n) is 3.21. The second-order valence-corrected chi connectivity index (χ2v) is 7.86.